The quantitative estimate of drug-likeness (QED) is 0.685. The van der Waals surface area contributed by atoms with E-state index < -0.39 is 0 Å². The molecule has 1 saturated heterocycles. The molecule has 2 aromatic heterocycles. The van der Waals surface area contributed by atoms with Crippen molar-refractivity contribution < 1.29 is 9.59 Å². The van der Waals surface area contributed by atoms with Crippen molar-refractivity contribution in [3.63, 3.8) is 0 Å². The first kappa shape index (κ1) is 18.6. The van der Waals surface area contributed by atoms with E-state index in [4.69, 9.17) is 0 Å². The molecule has 3 heterocycles. The van der Waals surface area contributed by atoms with Crippen molar-refractivity contribution in [3.8, 4) is 0 Å². The van der Waals surface area contributed by atoms with E-state index in [9.17, 15) is 9.59 Å². The van der Waals surface area contributed by atoms with Crippen molar-refractivity contribution in [2.45, 2.75) is 20.3 Å². The van der Waals surface area contributed by atoms with Gasteiger partial charge < -0.3 is 9.80 Å². The number of carbonyl (C=O) groups excluding carboxylic acids is 2. The fourth-order valence-corrected chi connectivity index (χ4v) is 4.50. The van der Waals surface area contributed by atoms with E-state index in [1.54, 1.807) is 0 Å². The van der Waals surface area contributed by atoms with Crippen molar-refractivity contribution in [1.82, 2.24) is 14.8 Å². The minimum Gasteiger partial charge on any atom is -0.339 e. The molecule has 0 unspecified atom stereocenters. The summed E-state index contributed by atoms with van der Waals surface area (Å²) < 4.78 is 0. The van der Waals surface area contributed by atoms with Crippen LogP contribution >= 0.6 is 11.3 Å². The predicted octanol–water partition coefficient (Wildman–Crippen LogP) is 3.44. The molecular weight excluding hydrogens is 370 g/mol. The molecule has 0 saturated carbocycles. The van der Waals surface area contributed by atoms with Gasteiger partial charge in [-0.2, -0.15) is 0 Å². The van der Waals surface area contributed by atoms with Gasteiger partial charge in [-0.05, 0) is 42.5 Å². The summed E-state index contributed by atoms with van der Waals surface area (Å²) in [7, 11) is 0. The maximum absolute atomic E-state index is 12.9. The smallest absolute Gasteiger partial charge is 0.264 e. The number of hydrogen-bond donors (Lipinski definition) is 0. The van der Waals surface area contributed by atoms with Gasteiger partial charge in [0.2, 0.25) is 5.91 Å². The van der Waals surface area contributed by atoms with E-state index in [2.05, 4.69) is 18.0 Å². The largest absolute Gasteiger partial charge is 0.339 e. The first-order valence-electron chi connectivity index (χ1n) is 9.50. The van der Waals surface area contributed by atoms with Gasteiger partial charge in [0.25, 0.3) is 5.91 Å². The molecular formula is C22H23N3O2S. The Balaban J connectivity index is 1.44. The molecule has 6 heteroatoms. The molecule has 0 aliphatic carbocycles. The van der Waals surface area contributed by atoms with E-state index >= 15 is 0 Å². The van der Waals surface area contributed by atoms with E-state index in [-0.39, 0.29) is 11.8 Å². The van der Waals surface area contributed by atoms with Gasteiger partial charge in [0.1, 0.15) is 0 Å². The Kier molecular flexibility index (Phi) is 5.13. The Morgan fingerprint density at radius 3 is 2.43 bits per heavy atom. The fourth-order valence-electron chi connectivity index (χ4n) is 3.81. The van der Waals surface area contributed by atoms with Crippen LogP contribution in [0, 0.1) is 13.8 Å². The van der Waals surface area contributed by atoms with Crippen LogP contribution in [0.3, 0.4) is 0 Å². The number of aromatic nitrogens is 1. The summed E-state index contributed by atoms with van der Waals surface area (Å²) in [5, 5.41) is 3.01. The van der Waals surface area contributed by atoms with Crippen LogP contribution in [0.1, 0.15) is 26.5 Å². The third kappa shape index (κ3) is 3.52. The maximum Gasteiger partial charge on any atom is 0.264 e. The minimum atomic E-state index is 0.0625. The highest BCUT2D eigenvalue weighted by Gasteiger charge is 2.26. The first-order chi connectivity index (χ1) is 13.5. The molecule has 28 heavy (non-hydrogen) atoms. The number of hydrogen-bond acceptors (Lipinski definition) is 4. The second-order valence-corrected chi connectivity index (χ2v) is 8.09. The summed E-state index contributed by atoms with van der Waals surface area (Å²) in [6.45, 7) is 6.36. The summed E-state index contributed by atoms with van der Waals surface area (Å²) in [5.74, 6) is 0.166. The van der Waals surface area contributed by atoms with E-state index in [1.165, 1.54) is 11.3 Å². The van der Waals surface area contributed by atoms with Gasteiger partial charge in [-0.15, -0.1) is 11.3 Å². The third-order valence-electron chi connectivity index (χ3n) is 5.47. The molecule has 3 aromatic rings. The predicted molar refractivity (Wildman–Crippen MR) is 112 cm³/mol. The average Bonchev–Trinajstić information content (AvgIpc) is 3.25. The van der Waals surface area contributed by atoms with Crippen molar-refractivity contribution in [2.75, 3.05) is 26.2 Å². The van der Waals surface area contributed by atoms with Crippen LogP contribution < -0.4 is 0 Å². The summed E-state index contributed by atoms with van der Waals surface area (Å²) >= 11 is 1.46. The van der Waals surface area contributed by atoms with Gasteiger partial charge in [-0.1, -0.05) is 24.3 Å². The number of piperazine rings is 1. The minimum absolute atomic E-state index is 0.0625. The maximum atomic E-state index is 12.9. The van der Waals surface area contributed by atoms with Crippen molar-refractivity contribution in [1.29, 1.82) is 0 Å². The Morgan fingerprint density at radius 2 is 1.71 bits per heavy atom. The average molecular weight is 394 g/mol. The second kappa shape index (κ2) is 7.72. The van der Waals surface area contributed by atoms with Crippen LogP contribution in [0.15, 0.2) is 41.8 Å². The summed E-state index contributed by atoms with van der Waals surface area (Å²) in [6.07, 6.45) is 0.356. The number of thiophene rings is 1. The fraction of sp³-hybridized carbons (Fsp3) is 0.318. The Hall–Kier alpha value is -2.73. The molecule has 0 radical (unpaired) electrons. The Morgan fingerprint density at radius 1 is 1.00 bits per heavy atom. The lowest BCUT2D eigenvalue weighted by atomic mass is 9.99. The van der Waals surface area contributed by atoms with E-state index in [0.717, 1.165) is 32.6 Å². The third-order valence-corrected chi connectivity index (χ3v) is 6.32. The zero-order valence-corrected chi connectivity index (χ0v) is 17.0. The lowest BCUT2D eigenvalue weighted by Gasteiger charge is -2.34. The van der Waals surface area contributed by atoms with Gasteiger partial charge in [-0.25, -0.2) is 0 Å². The number of rotatable bonds is 3. The summed E-state index contributed by atoms with van der Waals surface area (Å²) in [4.78, 5) is 34.5. The highest BCUT2D eigenvalue weighted by Crippen LogP contribution is 2.23. The highest BCUT2D eigenvalue weighted by molar-refractivity contribution is 7.12. The topological polar surface area (TPSA) is 53.5 Å². The zero-order chi connectivity index (χ0) is 19.7. The Bertz CT molecular complexity index is 1020. The highest BCUT2D eigenvalue weighted by atomic mass is 32.1. The lowest BCUT2D eigenvalue weighted by molar-refractivity contribution is -0.131. The molecule has 1 fully saturated rings. The van der Waals surface area contributed by atoms with Crippen molar-refractivity contribution >= 4 is 34.1 Å². The normalized spacial score (nSPS) is 14.5. The van der Waals surface area contributed by atoms with Gasteiger partial charge in [0, 0.05) is 37.3 Å². The number of amides is 2. The Labute approximate surface area is 168 Å². The zero-order valence-electron chi connectivity index (χ0n) is 16.1. The molecule has 0 spiro atoms. The van der Waals surface area contributed by atoms with Gasteiger partial charge in [-0.3, -0.25) is 14.6 Å². The van der Waals surface area contributed by atoms with E-state index in [0.29, 0.717) is 32.6 Å². The molecule has 1 aliphatic rings. The second-order valence-electron chi connectivity index (χ2n) is 7.14. The standard InChI is InChI=1S/C22H23N3O2S/c1-15-17-6-3-4-7-19(17)23-16(2)18(15)14-21(26)24-9-11-25(12-10-24)22(27)20-8-5-13-28-20/h3-8,13H,9-12,14H2,1-2H3. The van der Waals surface area contributed by atoms with Crippen LogP contribution in [0.2, 0.25) is 0 Å². The van der Waals surface area contributed by atoms with Crippen LogP contribution in [-0.4, -0.2) is 52.8 Å². The molecule has 5 nitrogen and oxygen atoms in total. The number of aryl methyl sites for hydroxylation is 2. The first-order valence-corrected chi connectivity index (χ1v) is 10.4. The van der Waals surface area contributed by atoms with Crippen LogP contribution in [0.4, 0.5) is 0 Å². The molecule has 0 N–H and O–H groups in total. The molecule has 0 bridgehead atoms. The van der Waals surface area contributed by atoms with Crippen LogP contribution in [-0.2, 0) is 11.2 Å². The molecule has 0 atom stereocenters. The number of carbonyl (C=O) groups is 2. The molecule has 2 amide bonds. The van der Waals surface area contributed by atoms with Crippen molar-refractivity contribution in [2.24, 2.45) is 0 Å². The monoisotopic (exact) mass is 393 g/mol. The molecule has 144 valence electrons. The molecule has 4 rings (SSSR count). The van der Waals surface area contributed by atoms with E-state index in [1.807, 2.05) is 52.4 Å². The van der Waals surface area contributed by atoms with Crippen LogP contribution in [0.5, 0.6) is 0 Å². The van der Waals surface area contributed by atoms with Gasteiger partial charge >= 0.3 is 0 Å². The summed E-state index contributed by atoms with van der Waals surface area (Å²) in [6, 6.07) is 11.8. The van der Waals surface area contributed by atoms with Crippen LogP contribution in [0.25, 0.3) is 10.9 Å². The lowest BCUT2D eigenvalue weighted by Crippen LogP contribution is -2.50. The SMILES string of the molecule is Cc1nc2ccccc2c(C)c1CC(=O)N1CCN(C(=O)c2cccs2)CC1. The van der Waals surface area contributed by atoms with Gasteiger partial charge in [0.05, 0.1) is 16.8 Å². The number of para-hydroxylation sites is 1. The number of nitrogens with zero attached hydrogens (tertiary/aromatic N) is 3. The van der Waals surface area contributed by atoms with Crippen molar-refractivity contribution in [3.05, 3.63) is 63.5 Å². The molecule has 1 aromatic carbocycles. The number of fused-ring (bicyclic) bond motifs is 1. The van der Waals surface area contributed by atoms with Gasteiger partial charge in [0.15, 0.2) is 0 Å². The number of pyridine rings is 1. The number of benzene rings is 1. The molecule has 1 aliphatic heterocycles. The summed E-state index contributed by atoms with van der Waals surface area (Å²) in [5.41, 5.74) is 4.02.